The fourth-order valence-corrected chi connectivity index (χ4v) is 5.08. The molecule has 1 amide bonds. The summed E-state index contributed by atoms with van der Waals surface area (Å²) in [7, 11) is -3.80. The van der Waals surface area contributed by atoms with Gasteiger partial charge in [0.15, 0.2) is 6.10 Å². The SMILES string of the molecule is Cc1ccc(S(=O)(=O)N2CCOCC2)cc1C(=O)OC(C)C(=O)Nc1cc(Cl)c(Cl)cc1Cl. The molecule has 0 radical (unpaired) electrons. The van der Waals surface area contributed by atoms with E-state index in [0.717, 1.165) is 0 Å². The van der Waals surface area contributed by atoms with E-state index >= 15 is 0 Å². The number of aryl methyl sites for hydroxylation is 1. The normalized spacial score (nSPS) is 15.7. The lowest BCUT2D eigenvalue weighted by molar-refractivity contribution is -0.123. The van der Waals surface area contributed by atoms with Gasteiger partial charge in [0.1, 0.15) is 0 Å². The first-order valence-electron chi connectivity index (χ1n) is 9.85. The van der Waals surface area contributed by atoms with E-state index in [1.807, 2.05) is 0 Å². The molecule has 3 rings (SSSR count). The van der Waals surface area contributed by atoms with Gasteiger partial charge < -0.3 is 14.8 Å². The molecule has 1 heterocycles. The molecule has 2 aromatic carbocycles. The van der Waals surface area contributed by atoms with Gasteiger partial charge in [-0.3, -0.25) is 4.79 Å². The molecule has 0 bridgehead atoms. The van der Waals surface area contributed by atoms with E-state index in [-0.39, 0.29) is 44.3 Å². The van der Waals surface area contributed by atoms with Crippen molar-refractivity contribution < 1.29 is 27.5 Å². The minimum absolute atomic E-state index is 0.0385. The first-order chi connectivity index (χ1) is 15.5. The summed E-state index contributed by atoms with van der Waals surface area (Å²) in [6.45, 7) is 4.07. The second-order valence-electron chi connectivity index (χ2n) is 7.28. The molecule has 1 N–H and O–H groups in total. The Morgan fingerprint density at radius 1 is 1.06 bits per heavy atom. The van der Waals surface area contributed by atoms with E-state index in [9.17, 15) is 18.0 Å². The van der Waals surface area contributed by atoms with Crippen molar-refractivity contribution in [3.8, 4) is 0 Å². The number of morpholine rings is 1. The van der Waals surface area contributed by atoms with Gasteiger partial charge in [-0.25, -0.2) is 13.2 Å². The monoisotopic (exact) mass is 534 g/mol. The highest BCUT2D eigenvalue weighted by Gasteiger charge is 2.28. The van der Waals surface area contributed by atoms with Gasteiger partial charge in [-0.05, 0) is 43.7 Å². The predicted octanol–water partition coefficient (Wildman–Crippen LogP) is 4.16. The number of nitrogens with one attached hydrogen (secondary N) is 1. The van der Waals surface area contributed by atoms with Crippen LogP contribution in [0, 0.1) is 6.92 Å². The zero-order valence-corrected chi connectivity index (χ0v) is 20.8. The topological polar surface area (TPSA) is 102 Å². The van der Waals surface area contributed by atoms with Crippen LogP contribution < -0.4 is 5.32 Å². The Balaban J connectivity index is 1.75. The highest BCUT2D eigenvalue weighted by atomic mass is 35.5. The quantitative estimate of drug-likeness (QED) is 0.440. The third kappa shape index (κ3) is 5.98. The third-order valence-corrected chi connectivity index (χ3v) is 7.89. The molecule has 1 saturated heterocycles. The fourth-order valence-electron chi connectivity index (χ4n) is 3.05. The largest absolute Gasteiger partial charge is 0.449 e. The number of halogens is 3. The molecule has 1 aliphatic heterocycles. The highest BCUT2D eigenvalue weighted by molar-refractivity contribution is 7.89. The molecule has 33 heavy (non-hydrogen) atoms. The lowest BCUT2D eigenvalue weighted by Crippen LogP contribution is -2.40. The second kappa shape index (κ2) is 10.6. The maximum atomic E-state index is 12.9. The predicted molar refractivity (Wildman–Crippen MR) is 126 cm³/mol. The van der Waals surface area contributed by atoms with Gasteiger partial charge in [0.25, 0.3) is 5.91 Å². The van der Waals surface area contributed by atoms with Crippen molar-refractivity contribution >= 4 is 62.4 Å². The molecule has 0 spiro atoms. The van der Waals surface area contributed by atoms with E-state index in [0.29, 0.717) is 18.8 Å². The molecule has 1 unspecified atom stereocenters. The average molecular weight is 536 g/mol. The maximum absolute atomic E-state index is 12.9. The molecular formula is C21H21Cl3N2O6S. The number of anilines is 1. The second-order valence-corrected chi connectivity index (χ2v) is 10.4. The van der Waals surface area contributed by atoms with Crippen LogP contribution in [0.2, 0.25) is 15.1 Å². The lowest BCUT2D eigenvalue weighted by Gasteiger charge is -2.26. The Bertz CT molecular complexity index is 1180. The van der Waals surface area contributed by atoms with Crippen molar-refractivity contribution in [2.45, 2.75) is 24.8 Å². The number of hydrogen-bond donors (Lipinski definition) is 1. The standard InChI is InChI=1S/C21H21Cl3N2O6S/c1-12-3-4-14(33(29,30)26-5-7-31-8-6-26)9-15(12)21(28)32-13(2)20(27)25-19-11-17(23)16(22)10-18(19)24/h3-4,9-11,13H,5-8H2,1-2H3,(H,25,27). The molecule has 0 aliphatic carbocycles. The first-order valence-corrected chi connectivity index (χ1v) is 12.4. The number of hydrogen-bond acceptors (Lipinski definition) is 6. The van der Waals surface area contributed by atoms with Gasteiger partial charge in [0.05, 0.1) is 44.4 Å². The number of carbonyl (C=O) groups excluding carboxylic acids is 2. The maximum Gasteiger partial charge on any atom is 0.339 e. The minimum atomic E-state index is -3.80. The van der Waals surface area contributed by atoms with E-state index < -0.39 is 28.0 Å². The van der Waals surface area contributed by atoms with Crippen LogP contribution in [-0.2, 0) is 24.3 Å². The number of esters is 1. The number of rotatable bonds is 6. The van der Waals surface area contributed by atoms with Crippen LogP contribution in [-0.4, -0.2) is 57.0 Å². The smallest absolute Gasteiger partial charge is 0.339 e. The average Bonchev–Trinajstić information content (AvgIpc) is 2.78. The van der Waals surface area contributed by atoms with Crippen LogP contribution in [0.3, 0.4) is 0 Å². The van der Waals surface area contributed by atoms with Crippen molar-refractivity contribution in [2.75, 3.05) is 31.6 Å². The fraction of sp³-hybridized carbons (Fsp3) is 0.333. The lowest BCUT2D eigenvalue weighted by atomic mass is 10.1. The summed E-state index contributed by atoms with van der Waals surface area (Å²) >= 11 is 17.9. The zero-order valence-electron chi connectivity index (χ0n) is 17.7. The molecule has 0 saturated carbocycles. The van der Waals surface area contributed by atoms with Gasteiger partial charge in [-0.1, -0.05) is 40.9 Å². The molecule has 8 nitrogen and oxygen atoms in total. The number of benzene rings is 2. The molecule has 2 aromatic rings. The summed E-state index contributed by atoms with van der Waals surface area (Å²) in [5.41, 5.74) is 0.742. The van der Waals surface area contributed by atoms with Crippen LogP contribution in [0.1, 0.15) is 22.8 Å². The summed E-state index contributed by atoms with van der Waals surface area (Å²) in [5, 5.41) is 3.10. The van der Waals surface area contributed by atoms with Crippen molar-refractivity contribution in [2.24, 2.45) is 0 Å². The van der Waals surface area contributed by atoms with Gasteiger partial charge in [0, 0.05) is 13.1 Å². The van der Waals surface area contributed by atoms with Gasteiger partial charge in [-0.2, -0.15) is 4.31 Å². The molecule has 0 aromatic heterocycles. The molecule has 1 aliphatic rings. The van der Waals surface area contributed by atoms with Gasteiger partial charge in [0.2, 0.25) is 10.0 Å². The molecule has 178 valence electrons. The summed E-state index contributed by atoms with van der Waals surface area (Å²) in [4.78, 5) is 25.2. The first kappa shape index (κ1) is 25.7. The summed E-state index contributed by atoms with van der Waals surface area (Å²) in [5.74, 6) is -1.49. The van der Waals surface area contributed by atoms with E-state index in [2.05, 4.69) is 5.32 Å². The summed E-state index contributed by atoms with van der Waals surface area (Å²) in [6.07, 6.45) is -1.21. The van der Waals surface area contributed by atoms with Crippen molar-refractivity contribution in [3.63, 3.8) is 0 Å². The van der Waals surface area contributed by atoms with Crippen molar-refractivity contribution in [1.82, 2.24) is 4.31 Å². The van der Waals surface area contributed by atoms with Crippen molar-refractivity contribution in [3.05, 3.63) is 56.5 Å². The molecular weight excluding hydrogens is 515 g/mol. The van der Waals surface area contributed by atoms with Crippen LogP contribution in [0.5, 0.6) is 0 Å². The zero-order chi connectivity index (χ0) is 24.3. The van der Waals surface area contributed by atoms with Crippen LogP contribution >= 0.6 is 34.8 Å². The van der Waals surface area contributed by atoms with E-state index in [4.69, 9.17) is 44.3 Å². The Kier molecular flexibility index (Phi) is 8.26. The number of carbonyl (C=O) groups is 2. The van der Waals surface area contributed by atoms with Crippen LogP contribution in [0.25, 0.3) is 0 Å². The minimum Gasteiger partial charge on any atom is -0.449 e. The Labute approximate surface area is 206 Å². The Morgan fingerprint density at radius 2 is 1.70 bits per heavy atom. The van der Waals surface area contributed by atoms with Crippen LogP contribution in [0.4, 0.5) is 5.69 Å². The summed E-state index contributed by atoms with van der Waals surface area (Å²) < 4.78 is 37.6. The van der Waals surface area contributed by atoms with Crippen molar-refractivity contribution in [1.29, 1.82) is 0 Å². The third-order valence-electron chi connectivity index (χ3n) is 4.96. The Morgan fingerprint density at radius 3 is 2.36 bits per heavy atom. The number of sulfonamides is 1. The molecule has 12 heteroatoms. The number of ether oxygens (including phenoxy) is 2. The summed E-state index contributed by atoms with van der Waals surface area (Å²) in [6, 6.07) is 6.96. The Hall–Kier alpha value is -1.88. The highest BCUT2D eigenvalue weighted by Crippen LogP contribution is 2.32. The number of nitrogens with zero attached hydrogens (tertiary/aromatic N) is 1. The molecule has 1 atom stereocenters. The number of amides is 1. The van der Waals surface area contributed by atoms with Gasteiger partial charge in [-0.15, -0.1) is 0 Å². The molecule has 1 fully saturated rings. The van der Waals surface area contributed by atoms with Gasteiger partial charge >= 0.3 is 5.97 Å². The van der Waals surface area contributed by atoms with E-state index in [1.54, 1.807) is 6.92 Å². The van der Waals surface area contributed by atoms with Crippen LogP contribution in [0.15, 0.2) is 35.2 Å². The van der Waals surface area contributed by atoms with E-state index in [1.165, 1.54) is 41.6 Å².